The number of rotatable bonds is 6. The van der Waals surface area contributed by atoms with Crippen molar-refractivity contribution >= 4 is 0 Å². The molecule has 7 heteroatoms. The first-order valence-electron chi connectivity index (χ1n) is 4.22. The van der Waals surface area contributed by atoms with Crippen molar-refractivity contribution in [1.82, 2.24) is 0 Å². The van der Waals surface area contributed by atoms with Gasteiger partial charge in [-0.3, -0.25) is 20.2 Å². The van der Waals surface area contributed by atoms with Gasteiger partial charge in [-0.2, -0.15) is 0 Å². The average molecular weight is 206 g/mol. The van der Waals surface area contributed by atoms with Gasteiger partial charge in [0.05, 0.1) is 0 Å². The molecule has 0 aliphatic heterocycles. The molecule has 1 N–H and O–H groups in total. The Morgan fingerprint density at radius 1 is 1.43 bits per heavy atom. The lowest BCUT2D eigenvalue weighted by atomic mass is 9.98. The third-order valence-electron chi connectivity index (χ3n) is 1.93. The van der Waals surface area contributed by atoms with Crippen molar-refractivity contribution in [2.24, 2.45) is 0 Å². The van der Waals surface area contributed by atoms with Gasteiger partial charge in [0.2, 0.25) is 12.6 Å². The molecule has 0 rings (SSSR count). The van der Waals surface area contributed by atoms with E-state index in [0.29, 0.717) is 0 Å². The molecule has 2 atom stereocenters. The highest BCUT2D eigenvalue weighted by molar-refractivity contribution is 4.72. The second kappa shape index (κ2) is 4.85. The van der Waals surface area contributed by atoms with Gasteiger partial charge in [0.25, 0.3) is 0 Å². The van der Waals surface area contributed by atoms with Crippen molar-refractivity contribution < 1.29 is 15.0 Å². The quantitative estimate of drug-likeness (QED) is 0.501. The lowest BCUT2D eigenvalue weighted by Crippen LogP contribution is -2.35. The topological polar surface area (TPSA) is 107 Å². The third-order valence-corrected chi connectivity index (χ3v) is 1.93. The highest BCUT2D eigenvalue weighted by atomic mass is 16.6. The third kappa shape index (κ3) is 5.41. The van der Waals surface area contributed by atoms with Gasteiger partial charge in [-0.15, -0.1) is 0 Å². The fourth-order valence-electron chi connectivity index (χ4n) is 0.982. The van der Waals surface area contributed by atoms with Gasteiger partial charge in [0.15, 0.2) is 0 Å². The van der Waals surface area contributed by atoms with Gasteiger partial charge in [-0.1, -0.05) is 0 Å². The molecule has 0 amide bonds. The molecular formula is C7H14N2O5. The summed E-state index contributed by atoms with van der Waals surface area (Å²) < 4.78 is 0. The molecule has 2 unspecified atom stereocenters. The van der Waals surface area contributed by atoms with Crippen LogP contribution in [0.3, 0.4) is 0 Å². The van der Waals surface area contributed by atoms with Crippen LogP contribution in [0.15, 0.2) is 0 Å². The minimum absolute atomic E-state index is 0.0517. The Kier molecular flexibility index (Phi) is 4.42. The van der Waals surface area contributed by atoms with Crippen LogP contribution in [0.25, 0.3) is 0 Å². The molecule has 0 aliphatic rings. The van der Waals surface area contributed by atoms with Crippen molar-refractivity contribution in [3.8, 4) is 0 Å². The molecule has 0 aromatic rings. The Balaban J connectivity index is 3.98. The Morgan fingerprint density at radius 3 is 2.29 bits per heavy atom. The van der Waals surface area contributed by atoms with Crippen molar-refractivity contribution in [3.05, 3.63) is 20.2 Å². The summed E-state index contributed by atoms with van der Waals surface area (Å²) >= 11 is 0. The number of hydrogen-bond acceptors (Lipinski definition) is 5. The molecule has 0 saturated heterocycles. The van der Waals surface area contributed by atoms with Crippen LogP contribution in [-0.2, 0) is 0 Å². The Hall–Kier alpha value is -1.24. The summed E-state index contributed by atoms with van der Waals surface area (Å²) in [5.74, 6) is 0. The standard InChI is InChI=1S/C7H14N2O5/c1-6(9(13)14)3-4-7(2,10)5-8(11)12/h6,10H,3-5H2,1-2H3. The van der Waals surface area contributed by atoms with Crippen LogP contribution < -0.4 is 0 Å². The SMILES string of the molecule is CC(CCC(C)(O)C[N+](=O)[O-])[N+](=O)[O-]. The van der Waals surface area contributed by atoms with E-state index >= 15 is 0 Å². The molecule has 0 bridgehead atoms. The predicted octanol–water partition coefficient (Wildman–Crippen LogP) is 0.459. The molecule has 0 aliphatic carbocycles. The molecule has 0 heterocycles. The molecule has 0 aromatic carbocycles. The molecule has 0 radical (unpaired) electrons. The summed E-state index contributed by atoms with van der Waals surface area (Å²) in [7, 11) is 0. The van der Waals surface area contributed by atoms with Crippen molar-refractivity contribution in [1.29, 1.82) is 0 Å². The average Bonchev–Trinajstić information content (AvgIpc) is 1.97. The van der Waals surface area contributed by atoms with Crippen LogP contribution in [-0.4, -0.2) is 33.1 Å². The zero-order chi connectivity index (χ0) is 11.4. The van der Waals surface area contributed by atoms with E-state index in [2.05, 4.69) is 0 Å². The summed E-state index contributed by atoms with van der Waals surface area (Å²) in [6, 6.07) is -0.784. The summed E-state index contributed by atoms with van der Waals surface area (Å²) in [6.07, 6.45) is 0.184. The predicted molar refractivity (Wildman–Crippen MR) is 48.2 cm³/mol. The summed E-state index contributed by atoms with van der Waals surface area (Å²) in [5.41, 5.74) is -1.46. The lowest BCUT2D eigenvalue weighted by molar-refractivity contribution is -0.521. The molecular weight excluding hydrogens is 192 g/mol. The summed E-state index contributed by atoms with van der Waals surface area (Å²) in [4.78, 5) is 19.2. The largest absolute Gasteiger partial charge is 0.383 e. The van der Waals surface area contributed by atoms with Crippen molar-refractivity contribution in [2.75, 3.05) is 6.54 Å². The normalized spacial score (nSPS) is 17.1. The highest BCUT2D eigenvalue weighted by Crippen LogP contribution is 2.14. The van der Waals surface area contributed by atoms with Crippen molar-refractivity contribution in [2.45, 2.75) is 38.3 Å². The minimum atomic E-state index is -1.46. The number of nitrogens with zero attached hydrogens (tertiary/aromatic N) is 2. The second-order valence-electron chi connectivity index (χ2n) is 3.66. The summed E-state index contributed by atoms with van der Waals surface area (Å²) in [6.45, 7) is 2.13. The van der Waals surface area contributed by atoms with E-state index < -0.39 is 28.0 Å². The Labute approximate surface area is 81.0 Å². The maximum Gasteiger partial charge on any atom is 0.231 e. The van der Waals surface area contributed by atoms with Gasteiger partial charge in [-0.25, -0.2) is 0 Å². The molecule has 0 fully saturated rings. The first-order valence-corrected chi connectivity index (χ1v) is 4.22. The first kappa shape index (κ1) is 12.8. The van der Waals surface area contributed by atoms with Crippen LogP contribution in [0, 0.1) is 20.2 Å². The molecule has 82 valence electrons. The smallest absolute Gasteiger partial charge is 0.231 e. The fourth-order valence-corrected chi connectivity index (χ4v) is 0.982. The van der Waals surface area contributed by atoms with Crippen LogP contribution in [0.5, 0.6) is 0 Å². The molecule has 14 heavy (non-hydrogen) atoms. The fraction of sp³-hybridized carbons (Fsp3) is 1.00. The van der Waals surface area contributed by atoms with E-state index in [4.69, 9.17) is 0 Å². The molecule has 7 nitrogen and oxygen atoms in total. The Bertz CT molecular complexity index is 228. The zero-order valence-electron chi connectivity index (χ0n) is 8.17. The van der Waals surface area contributed by atoms with E-state index in [1.54, 1.807) is 0 Å². The zero-order valence-corrected chi connectivity index (χ0v) is 8.17. The van der Waals surface area contributed by atoms with Crippen LogP contribution in [0.2, 0.25) is 0 Å². The lowest BCUT2D eigenvalue weighted by Gasteiger charge is -2.18. The van der Waals surface area contributed by atoms with Gasteiger partial charge in [0.1, 0.15) is 5.60 Å². The Morgan fingerprint density at radius 2 is 1.93 bits per heavy atom. The van der Waals surface area contributed by atoms with E-state index in [0.717, 1.165) is 0 Å². The first-order chi connectivity index (χ1) is 6.24. The van der Waals surface area contributed by atoms with E-state index in [1.165, 1.54) is 13.8 Å². The number of hydrogen-bond donors (Lipinski definition) is 1. The second-order valence-corrected chi connectivity index (χ2v) is 3.66. The molecule has 0 aromatic heterocycles. The van der Waals surface area contributed by atoms with E-state index in [9.17, 15) is 25.3 Å². The van der Waals surface area contributed by atoms with Gasteiger partial charge < -0.3 is 5.11 Å². The summed E-state index contributed by atoms with van der Waals surface area (Å²) in [5, 5.41) is 29.8. The maximum atomic E-state index is 10.2. The molecule has 0 spiro atoms. The van der Waals surface area contributed by atoms with Crippen molar-refractivity contribution in [3.63, 3.8) is 0 Å². The monoisotopic (exact) mass is 206 g/mol. The number of nitro groups is 2. The van der Waals surface area contributed by atoms with E-state index in [1.807, 2.05) is 0 Å². The molecule has 0 saturated carbocycles. The maximum absolute atomic E-state index is 10.2. The highest BCUT2D eigenvalue weighted by Gasteiger charge is 2.29. The van der Waals surface area contributed by atoms with Crippen LogP contribution >= 0.6 is 0 Å². The number of aliphatic hydroxyl groups is 1. The van der Waals surface area contributed by atoms with Gasteiger partial charge in [-0.05, 0) is 13.3 Å². The van der Waals surface area contributed by atoms with Gasteiger partial charge in [0, 0.05) is 23.2 Å². The van der Waals surface area contributed by atoms with E-state index in [-0.39, 0.29) is 12.8 Å². The van der Waals surface area contributed by atoms with Gasteiger partial charge >= 0.3 is 0 Å². The van der Waals surface area contributed by atoms with Crippen LogP contribution in [0.1, 0.15) is 26.7 Å². The van der Waals surface area contributed by atoms with Crippen LogP contribution in [0.4, 0.5) is 0 Å². The minimum Gasteiger partial charge on any atom is -0.383 e.